The summed E-state index contributed by atoms with van der Waals surface area (Å²) >= 11 is 6.24. The Labute approximate surface area is 114 Å². The summed E-state index contributed by atoms with van der Waals surface area (Å²) in [6, 6.07) is 0. The van der Waals surface area contributed by atoms with Gasteiger partial charge >= 0.3 is 0 Å². The number of likely N-dealkylation sites (tertiary alicyclic amines) is 1. The van der Waals surface area contributed by atoms with Gasteiger partial charge in [-0.1, -0.05) is 12.5 Å². The van der Waals surface area contributed by atoms with Crippen LogP contribution in [-0.4, -0.2) is 47.9 Å². The van der Waals surface area contributed by atoms with E-state index in [4.69, 9.17) is 16.4 Å². The van der Waals surface area contributed by atoms with E-state index in [0.29, 0.717) is 13.2 Å². The van der Waals surface area contributed by atoms with Gasteiger partial charge in [-0.05, 0) is 38.1 Å². The predicted molar refractivity (Wildman–Crippen MR) is 72.7 cm³/mol. The second kappa shape index (κ2) is 6.68. The van der Waals surface area contributed by atoms with Crippen LogP contribution >= 0.6 is 11.6 Å². The maximum absolute atomic E-state index is 12.0. The fourth-order valence-electron chi connectivity index (χ4n) is 2.31. The zero-order chi connectivity index (χ0) is 12.8. The molecule has 0 aliphatic carbocycles. The lowest BCUT2D eigenvalue weighted by molar-refractivity contribution is -1.02. The smallest absolute Gasteiger partial charge is 0.132 e. The van der Waals surface area contributed by atoms with Gasteiger partial charge in [0.25, 0.3) is 0 Å². The van der Waals surface area contributed by atoms with E-state index in [1.807, 2.05) is 6.08 Å². The number of halogens is 1. The highest BCUT2D eigenvalue weighted by atomic mass is 35.5. The minimum Gasteiger partial charge on any atom is -0.593 e. The Morgan fingerprint density at radius 3 is 2.72 bits per heavy atom. The van der Waals surface area contributed by atoms with Crippen LogP contribution in [0.4, 0.5) is 0 Å². The molecule has 2 rings (SSSR count). The predicted octanol–water partition coefficient (Wildman–Crippen LogP) is 2.41. The van der Waals surface area contributed by atoms with E-state index in [1.54, 1.807) is 12.2 Å². The lowest BCUT2D eigenvalue weighted by Crippen LogP contribution is -2.42. The van der Waals surface area contributed by atoms with Crippen LogP contribution in [0.1, 0.15) is 19.3 Å². The quantitative estimate of drug-likeness (QED) is 0.438. The highest BCUT2D eigenvalue weighted by Crippen LogP contribution is 2.15. The number of piperidine rings is 1. The van der Waals surface area contributed by atoms with Gasteiger partial charge in [0.05, 0.1) is 5.38 Å². The van der Waals surface area contributed by atoms with Crippen LogP contribution < -0.4 is 0 Å². The first-order chi connectivity index (χ1) is 8.68. The molecule has 0 saturated carbocycles. The fraction of sp³-hybridized carbons (Fsp3) is 0.692. The number of alkyl halides is 1. The first kappa shape index (κ1) is 14.0. The zero-order valence-electron chi connectivity index (χ0n) is 10.6. The van der Waals surface area contributed by atoms with E-state index in [9.17, 15) is 5.21 Å². The van der Waals surface area contributed by atoms with Crippen molar-refractivity contribution in [3.05, 3.63) is 29.6 Å². The first-order valence-electron chi connectivity index (χ1n) is 6.62. The molecule has 1 saturated heterocycles. The molecule has 2 unspecified atom stereocenters. The van der Waals surface area contributed by atoms with Gasteiger partial charge in [0.2, 0.25) is 0 Å². The van der Waals surface area contributed by atoms with Gasteiger partial charge in [0.1, 0.15) is 19.4 Å². The summed E-state index contributed by atoms with van der Waals surface area (Å²) in [5.41, 5.74) is 0. The molecule has 4 nitrogen and oxygen atoms in total. The summed E-state index contributed by atoms with van der Waals surface area (Å²) in [6.45, 7) is 3.65. The van der Waals surface area contributed by atoms with E-state index < -0.39 is 4.81 Å². The zero-order valence-corrected chi connectivity index (χ0v) is 11.4. The molecular formula is C13H21ClN2O2. The van der Waals surface area contributed by atoms with E-state index in [-0.39, 0.29) is 5.38 Å². The van der Waals surface area contributed by atoms with E-state index in [0.717, 1.165) is 19.6 Å². The average molecular weight is 273 g/mol. The standard InChI is InChI=1S/C13H21ClN2O2/c14-13(11-15-7-3-1-4-8-15)12-18-16(17)9-5-2-6-10-16/h2,5-6,9,13H,1,3-4,7-8,10-12H2. The molecule has 2 aliphatic heterocycles. The van der Waals surface area contributed by atoms with Crippen LogP contribution in [0.15, 0.2) is 24.4 Å². The Hall–Kier alpha value is -0.390. The molecule has 0 bridgehead atoms. The third kappa shape index (κ3) is 4.37. The lowest BCUT2D eigenvalue weighted by atomic mass is 10.1. The molecule has 2 atom stereocenters. The SMILES string of the molecule is [O-][N+]1(OCC(Cl)CN2CCCCC2)C=CC=CC1. The Balaban J connectivity index is 1.69. The van der Waals surface area contributed by atoms with Gasteiger partial charge in [0.15, 0.2) is 0 Å². The molecule has 0 amide bonds. The highest BCUT2D eigenvalue weighted by Gasteiger charge is 2.20. The van der Waals surface area contributed by atoms with Crippen molar-refractivity contribution in [3.8, 4) is 0 Å². The van der Waals surface area contributed by atoms with E-state index >= 15 is 0 Å². The number of quaternary nitrogens is 1. The summed E-state index contributed by atoms with van der Waals surface area (Å²) in [5, 5.41) is 11.9. The van der Waals surface area contributed by atoms with Crippen molar-refractivity contribution in [2.45, 2.75) is 24.6 Å². The molecule has 0 radical (unpaired) electrons. The molecule has 102 valence electrons. The number of hydrogen-bond acceptors (Lipinski definition) is 3. The average Bonchev–Trinajstić information content (AvgIpc) is 2.39. The van der Waals surface area contributed by atoms with Gasteiger partial charge in [-0.2, -0.15) is 9.65 Å². The second-order valence-corrected chi connectivity index (χ2v) is 5.55. The van der Waals surface area contributed by atoms with Crippen molar-refractivity contribution < 1.29 is 9.65 Å². The van der Waals surface area contributed by atoms with Gasteiger partial charge in [-0.25, -0.2) is 0 Å². The molecule has 18 heavy (non-hydrogen) atoms. The number of nitrogens with zero attached hydrogens (tertiary/aromatic N) is 2. The van der Waals surface area contributed by atoms with Gasteiger partial charge in [0, 0.05) is 6.54 Å². The van der Waals surface area contributed by atoms with Crippen LogP contribution in [0, 0.1) is 5.21 Å². The van der Waals surface area contributed by atoms with Crippen molar-refractivity contribution in [1.82, 2.24) is 4.90 Å². The molecule has 0 aromatic heterocycles. The lowest BCUT2D eigenvalue weighted by Gasteiger charge is -2.36. The molecule has 0 aromatic rings. The third-order valence-electron chi connectivity index (χ3n) is 3.30. The van der Waals surface area contributed by atoms with Crippen LogP contribution in [0.3, 0.4) is 0 Å². The van der Waals surface area contributed by atoms with Crippen LogP contribution in [0.2, 0.25) is 0 Å². The van der Waals surface area contributed by atoms with Crippen molar-refractivity contribution >= 4 is 11.6 Å². The molecule has 0 aromatic carbocycles. The Kier molecular flexibility index (Phi) is 5.21. The molecule has 0 spiro atoms. The van der Waals surface area contributed by atoms with Crippen LogP contribution in [0.5, 0.6) is 0 Å². The normalized spacial score (nSPS) is 30.6. The Morgan fingerprint density at radius 1 is 1.28 bits per heavy atom. The van der Waals surface area contributed by atoms with Crippen molar-refractivity contribution in [2.24, 2.45) is 0 Å². The van der Waals surface area contributed by atoms with Gasteiger partial charge < -0.3 is 10.1 Å². The fourth-order valence-corrected chi connectivity index (χ4v) is 2.56. The summed E-state index contributed by atoms with van der Waals surface area (Å²) in [6.07, 6.45) is 10.7. The number of allylic oxidation sites excluding steroid dienone is 2. The molecular weight excluding hydrogens is 252 g/mol. The summed E-state index contributed by atoms with van der Waals surface area (Å²) in [4.78, 5) is 6.96. The van der Waals surface area contributed by atoms with Crippen molar-refractivity contribution in [2.75, 3.05) is 32.8 Å². The van der Waals surface area contributed by atoms with Crippen LogP contribution in [0.25, 0.3) is 0 Å². The summed E-state index contributed by atoms with van der Waals surface area (Å²) in [5.74, 6) is 0. The minimum absolute atomic E-state index is 0.119. The molecule has 1 fully saturated rings. The Bertz CT molecular complexity index is 316. The van der Waals surface area contributed by atoms with Crippen molar-refractivity contribution in [3.63, 3.8) is 0 Å². The topological polar surface area (TPSA) is 35.5 Å². The van der Waals surface area contributed by atoms with E-state index in [1.165, 1.54) is 25.5 Å². The molecule has 0 N–H and O–H groups in total. The second-order valence-electron chi connectivity index (χ2n) is 4.93. The highest BCUT2D eigenvalue weighted by molar-refractivity contribution is 6.20. The number of hydrogen-bond donors (Lipinski definition) is 0. The minimum atomic E-state index is -0.750. The first-order valence-corrected chi connectivity index (χ1v) is 7.06. The monoisotopic (exact) mass is 272 g/mol. The van der Waals surface area contributed by atoms with Gasteiger partial charge in [-0.3, -0.25) is 0 Å². The summed E-state index contributed by atoms with van der Waals surface area (Å²) in [7, 11) is 0. The summed E-state index contributed by atoms with van der Waals surface area (Å²) < 4.78 is 0. The Morgan fingerprint density at radius 2 is 2.06 bits per heavy atom. The molecule has 5 heteroatoms. The van der Waals surface area contributed by atoms with E-state index in [2.05, 4.69) is 4.90 Å². The number of hydroxylamine groups is 4. The van der Waals surface area contributed by atoms with Crippen LogP contribution in [-0.2, 0) is 4.84 Å². The molecule has 2 aliphatic rings. The van der Waals surface area contributed by atoms with Crippen molar-refractivity contribution in [1.29, 1.82) is 0 Å². The van der Waals surface area contributed by atoms with Gasteiger partial charge in [-0.15, -0.1) is 11.6 Å². The maximum atomic E-state index is 12.0. The third-order valence-corrected chi connectivity index (χ3v) is 3.56. The maximum Gasteiger partial charge on any atom is 0.132 e. The molecule has 2 heterocycles. The largest absolute Gasteiger partial charge is 0.593 e. The number of rotatable bonds is 5.